The molecule has 1 atom stereocenters. The quantitative estimate of drug-likeness (QED) is 0.551. The first kappa shape index (κ1) is 9.21. The van der Waals surface area contributed by atoms with E-state index in [0.29, 0.717) is 11.1 Å². The van der Waals surface area contributed by atoms with E-state index >= 15 is 0 Å². The molecule has 1 aromatic rings. The summed E-state index contributed by atoms with van der Waals surface area (Å²) in [5.41, 5.74) is 1.07. The van der Waals surface area contributed by atoms with Gasteiger partial charge < -0.3 is 4.74 Å². The van der Waals surface area contributed by atoms with Crippen LogP contribution in [0, 0.1) is 0 Å². The standard InChI is InChI=1S/C10H7ClO3/c11-5-8(12)9-6-3-1-2-4-7(6)10(13)14-9/h1-4,9H,5H2. The summed E-state index contributed by atoms with van der Waals surface area (Å²) in [5, 5.41) is 0. The fourth-order valence-corrected chi connectivity index (χ4v) is 1.59. The third-order valence-electron chi connectivity index (χ3n) is 2.11. The maximum absolute atomic E-state index is 11.3. The predicted molar refractivity (Wildman–Crippen MR) is 50.3 cm³/mol. The number of halogens is 1. The zero-order chi connectivity index (χ0) is 10.1. The minimum absolute atomic E-state index is 0.147. The molecule has 1 aliphatic heterocycles. The third-order valence-corrected chi connectivity index (χ3v) is 2.38. The van der Waals surface area contributed by atoms with Crippen LogP contribution in [0.15, 0.2) is 24.3 Å². The molecule has 0 fully saturated rings. The summed E-state index contributed by atoms with van der Waals surface area (Å²) >= 11 is 5.41. The Kier molecular flexibility index (Phi) is 2.25. The zero-order valence-electron chi connectivity index (χ0n) is 7.20. The number of carbonyl (C=O) groups excluding carboxylic acids is 2. The molecular formula is C10H7ClO3. The topological polar surface area (TPSA) is 43.4 Å². The van der Waals surface area contributed by atoms with Crippen LogP contribution in [-0.4, -0.2) is 17.6 Å². The van der Waals surface area contributed by atoms with E-state index < -0.39 is 12.1 Å². The lowest BCUT2D eigenvalue weighted by Crippen LogP contribution is -2.13. The highest BCUT2D eigenvalue weighted by Crippen LogP contribution is 2.30. The van der Waals surface area contributed by atoms with E-state index in [-0.39, 0.29) is 11.7 Å². The Morgan fingerprint density at radius 2 is 2.14 bits per heavy atom. The van der Waals surface area contributed by atoms with Gasteiger partial charge in [0.25, 0.3) is 0 Å². The number of hydrogen-bond acceptors (Lipinski definition) is 3. The van der Waals surface area contributed by atoms with Gasteiger partial charge in [-0.15, -0.1) is 11.6 Å². The lowest BCUT2D eigenvalue weighted by atomic mass is 10.0. The molecule has 0 bridgehead atoms. The van der Waals surface area contributed by atoms with Gasteiger partial charge in [-0.25, -0.2) is 4.79 Å². The molecular weight excluding hydrogens is 204 g/mol. The van der Waals surface area contributed by atoms with Gasteiger partial charge in [0, 0.05) is 5.56 Å². The lowest BCUT2D eigenvalue weighted by Gasteiger charge is -2.06. The summed E-state index contributed by atoms with van der Waals surface area (Å²) in [6, 6.07) is 6.83. The van der Waals surface area contributed by atoms with Gasteiger partial charge in [-0.2, -0.15) is 0 Å². The molecule has 1 aromatic carbocycles. The second-order valence-electron chi connectivity index (χ2n) is 2.97. The van der Waals surface area contributed by atoms with Crippen molar-refractivity contribution in [2.24, 2.45) is 0 Å². The van der Waals surface area contributed by atoms with Crippen molar-refractivity contribution < 1.29 is 14.3 Å². The first-order valence-electron chi connectivity index (χ1n) is 4.12. The van der Waals surface area contributed by atoms with Gasteiger partial charge in [0.1, 0.15) is 0 Å². The number of hydrogen-bond donors (Lipinski definition) is 0. The van der Waals surface area contributed by atoms with Gasteiger partial charge in [0.15, 0.2) is 11.9 Å². The molecule has 0 aliphatic carbocycles. The van der Waals surface area contributed by atoms with Crippen molar-refractivity contribution >= 4 is 23.4 Å². The van der Waals surface area contributed by atoms with E-state index in [4.69, 9.17) is 16.3 Å². The number of cyclic esters (lactones) is 1. The Labute approximate surface area is 85.6 Å². The second kappa shape index (κ2) is 3.42. The Hall–Kier alpha value is -1.35. The minimum atomic E-state index is -0.809. The molecule has 4 heteroatoms. The van der Waals surface area contributed by atoms with Gasteiger partial charge in [0.05, 0.1) is 11.4 Å². The van der Waals surface area contributed by atoms with Crippen LogP contribution >= 0.6 is 11.6 Å². The fourth-order valence-electron chi connectivity index (χ4n) is 1.45. The molecule has 1 unspecified atom stereocenters. The molecule has 1 aliphatic rings. The van der Waals surface area contributed by atoms with Crippen LogP contribution in [0.1, 0.15) is 22.0 Å². The first-order chi connectivity index (χ1) is 6.74. The Bertz CT molecular complexity index is 400. The maximum atomic E-state index is 11.3. The van der Waals surface area contributed by atoms with Crippen LogP contribution in [0.5, 0.6) is 0 Å². The Morgan fingerprint density at radius 1 is 1.43 bits per heavy atom. The van der Waals surface area contributed by atoms with Crippen LogP contribution in [0.3, 0.4) is 0 Å². The maximum Gasteiger partial charge on any atom is 0.339 e. The van der Waals surface area contributed by atoms with Crippen molar-refractivity contribution in [3.63, 3.8) is 0 Å². The van der Waals surface area contributed by atoms with Gasteiger partial charge in [-0.1, -0.05) is 18.2 Å². The summed E-state index contributed by atoms with van der Waals surface area (Å²) in [4.78, 5) is 22.6. The second-order valence-corrected chi connectivity index (χ2v) is 3.24. The normalized spacial score (nSPS) is 18.9. The summed E-state index contributed by atoms with van der Waals surface area (Å²) in [7, 11) is 0. The molecule has 1 heterocycles. The van der Waals surface area contributed by atoms with Crippen molar-refractivity contribution in [3.05, 3.63) is 35.4 Å². The highest BCUT2D eigenvalue weighted by Gasteiger charge is 2.34. The SMILES string of the molecule is O=C1OC(C(=O)CCl)c2ccccc21. The number of Topliss-reactive ketones (excluding diaryl/α,β-unsaturated/α-hetero) is 1. The van der Waals surface area contributed by atoms with Crippen LogP contribution in [0.25, 0.3) is 0 Å². The minimum Gasteiger partial charge on any atom is -0.446 e. The van der Waals surface area contributed by atoms with Gasteiger partial charge >= 0.3 is 5.97 Å². The molecule has 0 aromatic heterocycles. The Balaban J connectivity index is 2.44. The molecule has 0 saturated carbocycles. The average Bonchev–Trinajstić information content (AvgIpc) is 2.56. The largest absolute Gasteiger partial charge is 0.446 e. The smallest absolute Gasteiger partial charge is 0.339 e. The zero-order valence-corrected chi connectivity index (χ0v) is 7.95. The molecule has 0 radical (unpaired) electrons. The van der Waals surface area contributed by atoms with Crippen molar-refractivity contribution in [1.29, 1.82) is 0 Å². The number of alkyl halides is 1. The summed E-state index contributed by atoms with van der Waals surface area (Å²) in [6.45, 7) is 0. The van der Waals surface area contributed by atoms with E-state index in [1.807, 2.05) is 0 Å². The van der Waals surface area contributed by atoms with E-state index in [0.717, 1.165) is 0 Å². The van der Waals surface area contributed by atoms with Crippen molar-refractivity contribution in [3.8, 4) is 0 Å². The summed E-state index contributed by atoms with van der Waals surface area (Å²) < 4.78 is 4.91. The number of rotatable bonds is 2. The molecule has 0 spiro atoms. The molecule has 14 heavy (non-hydrogen) atoms. The number of esters is 1. The highest BCUT2D eigenvalue weighted by atomic mass is 35.5. The van der Waals surface area contributed by atoms with Crippen LogP contribution in [0.2, 0.25) is 0 Å². The number of ketones is 1. The van der Waals surface area contributed by atoms with Gasteiger partial charge in [0.2, 0.25) is 0 Å². The fraction of sp³-hybridized carbons (Fsp3) is 0.200. The van der Waals surface area contributed by atoms with E-state index in [9.17, 15) is 9.59 Å². The van der Waals surface area contributed by atoms with Crippen LogP contribution in [-0.2, 0) is 9.53 Å². The van der Waals surface area contributed by atoms with Crippen molar-refractivity contribution in [1.82, 2.24) is 0 Å². The van der Waals surface area contributed by atoms with Gasteiger partial charge in [-0.3, -0.25) is 4.79 Å². The van der Waals surface area contributed by atoms with Gasteiger partial charge in [-0.05, 0) is 6.07 Å². The molecule has 72 valence electrons. The summed E-state index contributed by atoms with van der Waals surface area (Å²) in [6.07, 6.45) is -0.809. The molecule has 2 rings (SSSR count). The first-order valence-corrected chi connectivity index (χ1v) is 4.66. The third kappa shape index (κ3) is 1.30. The number of carbonyl (C=O) groups is 2. The van der Waals surface area contributed by atoms with Crippen molar-refractivity contribution in [2.45, 2.75) is 6.10 Å². The van der Waals surface area contributed by atoms with E-state index in [1.54, 1.807) is 24.3 Å². The molecule has 0 saturated heterocycles. The summed E-state index contributed by atoms with van der Waals surface area (Å²) in [5.74, 6) is -0.888. The molecule has 3 nitrogen and oxygen atoms in total. The molecule has 0 amide bonds. The lowest BCUT2D eigenvalue weighted by molar-refractivity contribution is -0.124. The van der Waals surface area contributed by atoms with Crippen LogP contribution < -0.4 is 0 Å². The predicted octanol–water partition coefficient (Wildman–Crippen LogP) is 1.71. The Morgan fingerprint density at radius 3 is 2.86 bits per heavy atom. The van der Waals surface area contributed by atoms with Crippen molar-refractivity contribution in [2.75, 3.05) is 5.88 Å². The van der Waals surface area contributed by atoms with E-state index in [1.165, 1.54) is 0 Å². The monoisotopic (exact) mass is 210 g/mol. The van der Waals surface area contributed by atoms with Crippen LogP contribution in [0.4, 0.5) is 0 Å². The van der Waals surface area contributed by atoms with E-state index in [2.05, 4.69) is 0 Å². The molecule has 0 N–H and O–H groups in total. The number of fused-ring (bicyclic) bond motifs is 1. The average molecular weight is 211 g/mol. The highest BCUT2D eigenvalue weighted by molar-refractivity contribution is 6.28. The number of ether oxygens (including phenoxy) is 1. The number of benzene rings is 1.